The van der Waals surface area contributed by atoms with Crippen LogP contribution in [0.15, 0.2) is 12.1 Å². The number of aryl methyl sites for hydroxylation is 1. The van der Waals surface area contributed by atoms with Crippen LogP contribution in [0.1, 0.15) is 31.5 Å². The normalized spacial score (nSPS) is 19.6. The number of anilines is 1. The summed E-state index contributed by atoms with van der Waals surface area (Å²) in [5, 5.41) is 15.9. The first-order valence-electron chi connectivity index (χ1n) is 7.95. The zero-order valence-electron chi connectivity index (χ0n) is 12.7. The van der Waals surface area contributed by atoms with Crippen LogP contribution in [0, 0.1) is 12.8 Å². The Hall–Kier alpha value is -2.18. The van der Waals surface area contributed by atoms with Crippen LogP contribution in [-0.2, 0) is 4.79 Å². The van der Waals surface area contributed by atoms with Gasteiger partial charge in [-0.15, -0.1) is 15.3 Å². The van der Waals surface area contributed by atoms with Gasteiger partial charge in [0.05, 0.1) is 0 Å². The molecule has 0 aromatic carbocycles. The molecule has 7 nitrogen and oxygen atoms in total. The molecule has 0 unspecified atom stereocenters. The molecule has 0 radical (unpaired) electrons. The van der Waals surface area contributed by atoms with E-state index in [0.29, 0.717) is 12.0 Å². The summed E-state index contributed by atoms with van der Waals surface area (Å²) >= 11 is 0. The average Bonchev–Trinajstić information content (AvgIpc) is 3.33. The number of carbonyl (C=O) groups excluding carboxylic acids is 1. The zero-order chi connectivity index (χ0) is 15.1. The summed E-state index contributed by atoms with van der Waals surface area (Å²) in [5.41, 5.74) is 0.771. The Morgan fingerprint density at radius 1 is 1.18 bits per heavy atom. The fraction of sp³-hybridized carbons (Fsp3) is 0.600. The van der Waals surface area contributed by atoms with Crippen molar-refractivity contribution in [3.05, 3.63) is 18.0 Å². The van der Waals surface area contributed by atoms with Gasteiger partial charge in [0.15, 0.2) is 11.5 Å². The summed E-state index contributed by atoms with van der Waals surface area (Å²) in [6, 6.07) is 4.25. The van der Waals surface area contributed by atoms with Gasteiger partial charge in [-0.05, 0) is 44.7 Å². The molecular formula is C15H20N6O. The van der Waals surface area contributed by atoms with Crippen LogP contribution in [0.5, 0.6) is 0 Å². The van der Waals surface area contributed by atoms with Gasteiger partial charge in [-0.3, -0.25) is 4.79 Å². The Morgan fingerprint density at radius 3 is 2.68 bits per heavy atom. The second kappa shape index (κ2) is 5.23. The minimum absolute atomic E-state index is 0.248. The van der Waals surface area contributed by atoms with Crippen molar-refractivity contribution in [2.24, 2.45) is 5.92 Å². The lowest BCUT2D eigenvalue weighted by molar-refractivity contribution is -0.123. The quantitative estimate of drug-likeness (QED) is 0.912. The van der Waals surface area contributed by atoms with E-state index in [1.807, 2.05) is 19.1 Å². The van der Waals surface area contributed by atoms with Gasteiger partial charge >= 0.3 is 0 Å². The summed E-state index contributed by atoms with van der Waals surface area (Å²) in [4.78, 5) is 14.1. The molecule has 1 amide bonds. The zero-order valence-corrected chi connectivity index (χ0v) is 12.7. The van der Waals surface area contributed by atoms with Gasteiger partial charge < -0.3 is 10.2 Å². The number of nitrogens with one attached hydrogen (secondary N) is 1. The molecule has 1 N–H and O–H groups in total. The van der Waals surface area contributed by atoms with Crippen molar-refractivity contribution < 1.29 is 4.79 Å². The first kappa shape index (κ1) is 13.5. The predicted molar refractivity (Wildman–Crippen MR) is 81.6 cm³/mol. The maximum absolute atomic E-state index is 11.8. The third-order valence-corrected chi connectivity index (χ3v) is 4.52. The molecule has 0 spiro atoms. The average molecular weight is 300 g/mol. The molecular weight excluding hydrogens is 280 g/mol. The van der Waals surface area contributed by atoms with Gasteiger partial charge in [-0.25, -0.2) is 0 Å². The van der Waals surface area contributed by atoms with Gasteiger partial charge in [0, 0.05) is 25.0 Å². The van der Waals surface area contributed by atoms with E-state index >= 15 is 0 Å². The molecule has 1 saturated heterocycles. The number of hydrogen-bond acceptors (Lipinski definition) is 5. The summed E-state index contributed by atoms with van der Waals surface area (Å²) in [6.07, 6.45) is 4.07. The third-order valence-electron chi connectivity index (χ3n) is 4.52. The molecule has 4 rings (SSSR count). The maximum atomic E-state index is 11.8. The highest BCUT2D eigenvalue weighted by Crippen LogP contribution is 2.29. The Morgan fingerprint density at radius 2 is 1.95 bits per heavy atom. The number of rotatable bonds is 3. The largest absolute Gasteiger partial charge is 0.355 e. The van der Waals surface area contributed by atoms with Gasteiger partial charge in [0.1, 0.15) is 5.82 Å². The van der Waals surface area contributed by atoms with Crippen LogP contribution in [0.25, 0.3) is 5.65 Å². The Labute approximate surface area is 128 Å². The maximum Gasteiger partial charge on any atom is 0.223 e. The van der Waals surface area contributed by atoms with Crippen molar-refractivity contribution in [2.75, 3.05) is 18.0 Å². The number of amides is 1. The van der Waals surface area contributed by atoms with Crippen LogP contribution in [0.4, 0.5) is 5.82 Å². The van der Waals surface area contributed by atoms with E-state index in [9.17, 15) is 4.79 Å². The molecule has 22 heavy (non-hydrogen) atoms. The molecule has 2 aliphatic rings. The number of aromatic nitrogens is 4. The Balaban J connectivity index is 1.41. The van der Waals surface area contributed by atoms with Gasteiger partial charge in [-0.1, -0.05) is 0 Å². The standard InChI is InChI=1S/C15H20N6O/c1-10-17-18-13-4-5-14(19-21(10)13)20-8-6-12(7-9-20)16-15(22)11-2-3-11/h4-5,11-12H,2-3,6-9H2,1H3,(H,16,22). The highest BCUT2D eigenvalue weighted by molar-refractivity contribution is 5.81. The highest BCUT2D eigenvalue weighted by atomic mass is 16.2. The molecule has 7 heteroatoms. The fourth-order valence-corrected chi connectivity index (χ4v) is 2.97. The SMILES string of the molecule is Cc1nnc2ccc(N3CCC(NC(=O)C4CC4)CC3)nn12. The van der Waals surface area contributed by atoms with Crippen molar-refractivity contribution in [3.8, 4) is 0 Å². The Bertz CT molecular complexity index is 699. The molecule has 2 aromatic heterocycles. The van der Waals surface area contributed by atoms with Crippen molar-refractivity contribution in [1.29, 1.82) is 0 Å². The molecule has 1 aliphatic carbocycles. The van der Waals surface area contributed by atoms with Crippen molar-refractivity contribution in [2.45, 2.75) is 38.6 Å². The molecule has 2 fully saturated rings. The van der Waals surface area contributed by atoms with E-state index in [2.05, 4.69) is 25.5 Å². The lowest BCUT2D eigenvalue weighted by Gasteiger charge is -2.33. The highest BCUT2D eigenvalue weighted by Gasteiger charge is 2.31. The second-order valence-corrected chi connectivity index (χ2v) is 6.25. The molecule has 0 atom stereocenters. The van der Waals surface area contributed by atoms with E-state index in [4.69, 9.17) is 0 Å². The minimum Gasteiger partial charge on any atom is -0.355 e. The van der Waals surface area contributed by atoms with Crippen LogP contribution in [0.3, 0.4) is 0 Å². The van der Waals surface area contributed by atoms with E-state index in [1.165, 1.54) is 0 Å². The number of carbonyl (C=O) groups is 1. The van der Waals surface area contributed by atoms with Crippen molar-refractivity contribution in [3.63, 3.8) is 0 Å². The summed E-state index contributed by atoms with van der Waals surface area (Å²) in [5.74, 6) is 2.28. The molecule has 3 heterocycles. The Kier molecular flexibility index (Phi) is 3.20. The number of hydrogen-bond donors (Lipinski definition) is 1. The lowest BCUT2D eigenvalue weighted by atomic mass is 10.0. The smallest absolute Gasteiger partial charge is 0.223 e. The molecule has 0 bridgehead atoms. The van der Waals surface area contributed by atoms with E-state index < -0.39 is 0 Å². The number of piperidine rings is 1. The molecule has 2 aromatic rings. The number of nitrogens with zero attached hydrogens (tertiary/aromatic N) is 5. The first-order chi connectivity index (χ1) is 10.7. The summed E-state index contributed by atoms with van der Waals surface area (Å²) in [7, 11) is 0. The van der Waals surface area contributed by atoms with E-state index in [-0.39, 0.29) is 5.91 Å². The summed E-state index contributed by atoms with van der Waals surface area (Å²) < 4.78 is 1.77. The lowest BCUT2D eigenvalue weighted by Crippen LogP contribution is -2.45. The van der Waals surface area contributed by atoms with E-state index in [0.717, 1.165) is 56.1 Å². The molecule has 1 saturated carbocycles. The van der Waals surface area contributed by atoms with Crippen molar-refractivity contribution >= 4 is 17.4 Å². The number of fused-ring (bicyclic) bond motifs is 1. The van der Waals surface area contributed by atoms with E-state index in [1.54, 1.807) is 4.52 Å². The second-order valence-electron chi connectivity index (χ2n) is 6.25. The van der Waals surface area contributed by atoms with Gasteiger partial charge in [0.25, 0.3) is 0 Å². The summed E-state index contributed by atoms with van der Waals surface area (Å²) in [6.45, 7) is 3.72. The van der Waals surface area contributed by atoms with Gasteiger partial charge in [-0.2, -0.15) is 4.52 Å². The van der Waals surface area contributed by atoms with Crippen LogP contribution < -0.4 is 10.2 Å². The van der Waals surface area contributed by atoms with Crippen LogP contribution in [-0.4, -0.2) is 44.8 Å². The molecule has 1 aliphatic heterocycles. The van der Waals surface area contributed by atoms with Gasteiger partial charge in [0.2, 0.25) is 5.91 Å². The first-order valence-corrected chi connectivity index (χ1v) is 7.95. The topological polar surface area (TPSA) is 75.4 Å². The monoisotopic (exact) mass is 300 g/mol. The fourth-order valence-electron chi connectivity index (χ4n) is 2.97. The third kappa shape index (κ3) is 2.51. The molecule has 116 valence electrons. The van der Waals surface area contributed by atoms with Crippen LogP contribution >= 0.6 is 0 Å². The van der Waals surface area contributed by atoms with Crippen LogP contribution in [0.2, 0.25) is 0 Å². The van der Waals surface area contributed by atoms with Crippen molar-refractivity contribution in [1.82, 2.24) is 25.1 Å². The predicted octanol–water partition coefficient (Wildman–Crippen LogP) is 0.928. The minimum atomic E-state index is 0.248.